The van der Waals surface area contributed by atoms with Crippen molar-refractivity contribution in [2.24, 2.45) is 5.10 Å². The monoisotopic (exact) mass is 357 g/mol. The molecule has 0 aliphatic carbocycles. The van der Waals surface area contributed by atoms with Crippen LogP contribution in [0.3, 0.4) is 0 Å². The average Bonchev–Trinajstić information content (AvgIpc) is 2.99. The lowest BCUT2D eigenvalue weighted by Gasteiger charge is -2.06. The molecule has 3 aromatic rings. The zero-order valence-electron chi connectivity index (χ0n) is 13.5. The highest BCUT2D eigenvalue weighted by atomic mass is 35.5. The van der Waals surface area contributed by atoms with Gasteiger partial charge in [0.05, 0.1) is 23.9 Å². The number of benzene rings is 2. The summed E-state index contributed by atoms with van der Waals surface area (Å²) in [7, 11) is 1.57. The number of methoxy groups -OCH3 is 1. The van der Waals surface area contributed by atoms with Gasteiger partial charge in [-0.1, -0.05) is 41.9 Å². The number of nitrogens with one attached hydrogen (secondary N) is 2. The highest BCUT2D eigenvalue weighted by Crippen LogP contribution is 2.26. The lowest BCUT2D eigenvalue weighted by atomic mass is 10.2. The summed E-state index contributed by atoms with van der Waals surface area (Å²) in [5, 5.41) is 5.37. The number of H-pyrrole nitrogens is 1. The number of aromatic nitrogens is 1. The number of carbonyl (C=O) groups excluding carboxylic acids is 1. The van der Waals surface area contributed by atoms with E-state index in [1.54, 1.807) is 31.4 Å². The van der Waals surface area contributed by atoms with Gasteiger partial charge < -0.3 is 14.5 Å². The maximum Gasteiger partial charge on any atom is 0.277 e. The molecule has 7 heteroatoms. The van der Waals surface area contributed by atoms with E-state index in [0.29, 0.717) is 16.7 Å². The second kappa shape index (κ2) is 7.72. The van der Waals surface area contributed by atoms with Crippen LogP contribution in [-0.2, 0) is 4.79 Å². The minimum atomic E-state index is -0.394. The number of ether oxygens (including phenoxy) is 2. The summed E-state index contributed by atoms with van der Waals surface area (Å²) in [5.74, 6) is 0.628. The van der Waals surface area contributed by atoms with Crippen LogP contribution in [0.4, 0.5) is 0 Å². The Bertz CT molecular complexity index is 921. The van der Waals surface area contributed by atoms with E-state index in [1.807, 2.05) is 24.3 Å². The van der Waals surface area contributed by atoms with Gasteiger partial charge in [-0.05, 0) is 18.2 Å². The van der Waals surface area contributed by atoms with Crippen molar-refractivity contribution in [2.45, 2.75) is 0 Å². The first kappa shape index (κ1) is 16.9. The number of aromatic amines is 1. The second-order valence-corrected chi connectivity index (χ2v) is 5.54. The molecule has 1 heterocycles. The fraction of sp³-hybridized carbons (Fsp3) is 0.111. The highest BCUT2D eigenvalue weighted by molar-refractivity contribution is 6.32. The number of hydrogen-bond acceptors (Lipinski definition) is 4. The molecule has 2 N–H and O–H groups in total. The van der Waals surface area contributed by atoms with E-state index < -0.39 is 5.91 Å². The summed E-state index contributed by atoms with van der Waals surface area (Å²) in [4.78, 5) is 15.0. The normalized spacial score (nSPS) is 11.0. The Morgan fingerprint density at radius 2 is 2.00 bits per heavy atom. The van der Waals surface area contributed by atoms with Crippen molar-refractivity contribution in [2.75, 3.05) is 13.7 Å². The van der Waals surface area contributed by atoms with Crippen molar-refractivity contribution in [1.29, 1.82) is 0 Å². The molecule has 6 nitrogen and oxygen atoms in total. The van der Waals surface area contributed by atoms with E-state index in [9.17, 15) is 4.79 Å². The van der Waals surface area contributed by atoms with Crippen LogP contribution in [-0.4, -0.2) is 30.8 Å². The van der Waals surface area contributed by atoms with E-state index >= 15 is 0 Å². The largest absolute Gasteiger partial charge is 0.482 e. The number of para-hydroxylation sites is 2. The number of fused-ring (bicyclic) bond motifs is 1. The van der Waals surface area contributed by atoms with Gasteiger partial charge in [0.15, 0.2) is 6.61 Å². The lowest BCUT2D eigenvalue weighted by molar-refractivity contribution is -0.123. The molecule has 25 heavy (non-hydrogen) atoms. The Balaban J connectivity index is 1.63. The van der Waals surface area contributed by atoms with Crippen LogP contribution in [0.15, 0.2) is 53.6 Å². The van der Waals surface area contributed by atoms with E-state index in [1.165, 1.54) is 6.21 Å². The van der Waals surface area contributed by atoms with E-state index in [4.69, 9.17) is 21.1 Å². The fourth-order valence-electron chi connectivity index (χ4n) is 2.33. The van der Waals surface area contributed by atoms with Crippen LogP contribution in [0.1, 0.15) is 5.56 Å². The third-order valence-electron chi connectivity index (χ3n) is 3.49. The van der Waals surface area contributed by atoms with Gasteiger partial charge in [0.2, 0.25) is 5.88 Å². The van der Waals surface area contributed by atoms with E-state index in [0.717, 1.165) is 16.5 Å². The fourth-order valence-corrected chi connectivity index (χ4v) is 2.52. The number of nitrogens with zero attached hydrogens (tertiary/aromatic N) is 1. The van der Waals surface area contributed by atoms with Gasteiger partial charge in [-0.3, -0.25) is 4.79 Å². The summed E-state index contributed by atoms with van der Waals surface area (Å²) >= 11 is 5.96. The molecule has 128 valence electrons. The van der Waals surface area contributed by atoms with Crippen LogP contribution < -0.4 is 14.9 Å². The first-order valence-electron chi connectivity index (χ1n) is 7.53. The van der Waals surface area contributed by atoms with Gasteiger partial charge in [0.25, 0.3) is 5.91 Å². The van der Waals surface area contributed by atoms with Crippen LogP contribution in [0.2, 0.25) is 5.02 Å². The predicted octanol–water partition coefficient (Wildman–Crippen LogP) is 3.36. The van der Waals surface area contributed by atoms with E-state index in [-0.39, 0.29) is 6.61 Å². The smallest absolute Gasteiger partial charge is 0.277 e. The van der Waals surface area contributed by atoms with Gasteiger partial charge >= 0.3 is 0 Å². The van der Waals surface area contributed by atoms with Crippen molar-refractivity contribution in [3.8, 4) is 11.6 Å². The Morgan fingerprint density at radius 1 is 1.24 bits per heavy atom. The Labute approximate surface area is 149 Å². The Kier molecular flexibility index (Phi) is 5.20. The highest BCUT2D eigenvalue weighted by Gasteiger charge is 2.10. The molecule has 0 saturated carbocycles. The summed E-state index contributed by atoms with van der Waals surface area (Å²) in [6, 6.07) is 14.7. The third-order valence-corrected chi connectivity index (χ3v) is 3.80. The zero-order valence-corrected chi connectivity index (χ0v) is 14.2. The average molecular weight is 358 g/mol. The number of carbonyl (C=O) groups is 1. The van der Waals surface area contributed by atoms with Gasteiger partial charge in [0.1, 0.15) is 5.75 Å². The van der Waals surface area contributed by atoms with Crippen LogP contribution >= 0.6 is 11.6 Å². The SMILES string of the molecule is COc1[nH]c2ccccc2c1C=NNC(=O)COc1ccccc1Cl. The molecule has 1 amide bonds. The minimum absolute atomic E-state index is 0.188. The number of rotatable bonds is 6. The molecule has 0 unspecified atom stereocenters. The van der Waals surface area contributed by atoms with Gasteiger partial charge in [-0.25, -0.2) is 5.43 Å². The quantitative estimate of drug-likeness (QED) is 0.524. The molecule has 0 bridgehead atoms. The number of amides is 1. The summed E-state index contributed by atoms with van der Waals surface area (Å²) in [6.45, 7) is -0.188. The molecule has 1 aromatic heterocycles. The van der Waals surface area contributed by atoms with Crippen molar-refractivity contribution in [1.82, 2.24) is 10.4 Å². The first-order valence-corrected chi connectivity index (χ1v) is 7.90. The first-order chi connectivity index (χ1) is 12.2. The molecule has 0 radical (unpaired) electrons. The molecule has 2 aromatic carbocycles. The van der Waals surface area contributed by atoms with Crippen molar-refractivity contribution in [3.05, 3.63) is 59.1 Å². The molecule has 0 spiro atoms. The molecular weight excluding hydrogens is 342 g/mol. The maximum atomic E-state index is 11.8. The maximum absolute atomic E-state index is 11.8. The van der Waals surface area contributed by atoms with Gasteiger partial charge in [0, 0.05) is 10.9 Å². The molecule has 0 fully saturated rings. The zero-order chi connectivity index (χ0) is 17.6. The molecule has 0 aliphatic rings. The molecule has 3 rings (SSSR count). The third kappa shape index (κ3) is 3.92. The molecule has 0 atom stereocenters. The topological polar surface area (TPSA) is 75.7 Å². The standard InChI is InChI=1S/C18H16ClN3O3/c1-24-18-13(12-6-2-4-8-15(12)21-18)10-20-22-17(23)11-25-16-9-5-3-7-14(16)19/h2-10,21H,11H2,1H3,(H,22,23). The van der Waals surface area contributed by atoms with Crippen LogP contribution in [0.25, 0.3) is 10.9 Å². The molecular formula is C18H16ClN3O3. The predicted molar refractivity (Wildman–Crippen MR) is 97.5 cm³/mol. The summed E-state index contributed by atoms with van der Waals surface area (Å²) in [5.41, 5.74) is 4.10. The lowest BCUT2D eigenvalue weighted by Crippen LogP contribution is -2.24. The number of hydrazone groups is 1. The van der Waals surface area contributed by atoms with Crippen molar-refractivity contribution in [3.63, 3.8) is 0 Å². The Morgan fingerprint density at radius 3 is 2.80 bits per heavy atom. The van der Waals surface area contributed by atoms with Crippen LogP contribution in [0.5, 0.6) is 11.6 Å². The van der Waals surface area contributed by atoms with Crippen molar-refractivity contribution < 1.29 is 14.3 Å². The molecule has 0 saturated heterocycles. The second-order valence-electron chi connectivity index (χ2n) is 5.13. The Hall–Kier alpha value is -2.99. The van der Waals surface area contributed by atoms with Gasteiger partial charge in [-0.2, -0.15) is 5.10 Å². The molecule has 0 aliphatic heterocycles. The van der Waals surface area contributed by atoms with E-state index in [2.05, 4.69) is 15.5 Å². The van der Waals surface area contributed by atoms with Crippen molar-refractivity contribution >= 4 is 34.6 Å². The van der Waals surface area contributed by atoms with Gasteiger partial charge in [-0.15, -0.1) is 0 Å². The summed E-state index contributed by atoms with van der Waals surface area (Å²) in [6.07, 6.45) is 1.53. The number of halogens is 1. The van der Waals surface area contributed by atoms with Crippen LogP contribution in [0, 0.1) is 0 Å². The minimum Gasteiger partial charge on any atom is -0.482 e. The number of hydrogen-bond donors (Lipinski definition) is 2. The summed E-state index contributed by atoms with van der Waals surface area (Å²) < 4.78 is 10.7.